The second-order valence-electron chi connectivity index (χ2n) is 6.45. The molecule has 3 aromatic rings. The maximum absolute atomic E-state index is 14.1. The minimum absolute atomic E-state index is 0.00614. The zero-order chi connectivity index (χ0) is 30.3. The van der Waals surface area contributed by atoms with Crippen LogP contribution in [0.15, 0.2) is 36.6 Å². The maximum Gasteiger partial charge on any atom is 0.162 e. The number of nitrogens with one attached hydrogen (secondary N) is 1. The van der Waals surface area contributed by atoms with E-state index in [2.05, 4.69) is 15.3 Å². The normalized spacial score (nSPS) is 22.9. The standard InChI is InChI=1S/C22H24ClFN4O3/c1-29-20-13-19-16(12-21(20)31-8-2-5-28-6-9-30-10-7-28)22(26-14-25-19)27-15-3-4-18(24)17(23)11-15/h3-4,11-14H,2,5-10H2,1H3,(H,25,26,27)/i1D3,3D,4D,9D2,10D2,11D. The predicted octanol–water partition coefficient (Wildman–Crippen LogP) is 4.28. The molecule has 0 spiro atoms. The molecule has 31 heavy (non-hydrogen) atoms. The van der Waals surface area contributed by atoms with Crippen molar-refractivity contribution < 1.29 is 32.3 Å². The Morgan fingerprint density at radius 2 is 2.19 bits per heavy atom. The lowest BCUT2D eigenvalue weighted by atomic mass is 10.2. The molecular formula is C22H24ClFN4O3. The topological polar surface area (TPSA) is 68.7 Å². The van der Waals surface area contributed by atoms with Crippen LogP contribution in [0.3, 0.4) is 0 Å². The van der Waals surface area contributed by atoms with Crippen LogP contribution in [0.2, 0.25) is 5.02 Å². The molecule has 1 N–H and O–H groups in total. The van der Waals surface area contributed by atoms with Crippen molar-refractivity contribution in [3.63, 3.8) is 0 Å². The fourth-order valence-electron chi connectivity index (χ4n) is 2.89. The molecule has 1 aromatic heterocycles. The van der Waals surface area contributed by atoms with Crippen LogP contribution >= 0.6 is 11.6 Å². The summed E-state index contributed by atoms with van der Waals surface area (Å²) in [6, 6.07) is 0.675. The van der Waals surface area contributed by atoms with Crippen LogP contribution < -0.4 is 14.8 Å². The molecule has 4 rings (SSSR count). The van der Waals surface area contributed by atoms with E-state index in [0.29, 0.717) is 6.42 Å². The van der Waals surface area contributed by atoms with E-state index in [9.17, 15) is 4.39 Å². The molecule has 7 nitrogen and oxygen atoms in total. The Morgan fingerprint density at radius 1 is 1.32 bits per heavy atom. The number of morpholine rings is 1. The van der Waals surface area contributed by atoms with Gasteiger partial charge in [0.05, 0.1) is 51.0 Å². The van der Waals surface area contributed by atoms with Crippen molar-refractivity contribution in [1.29, 1.82) is 0 Å². The molecule has 9 heteroatoms. The van der Waals surface area contributed by atoms with Gasteiger partial charge in [0.25, 0.3) is 0 Å². The van der Waals surface area contributed by atoms with E-state index in [1.807, 2.05) is 0 Å². The van der Waals surface area contributed by atoms with Gasteiger partial charge in [-0.05, 0) is 30.6 Å². The van der Waals surface area contributed by atoms with E-state index in [1.54, 1.807) is 4.90 Å². The number of methoxy groups -OCH3 is 1. The van der Waals surface area contributed by atoms with Gasteiger partial charge in [0.2, 0.25) is 0 Å². The van der Waals surface area contributed by atoms with E-state index in [4.69, 9.17) is 39.5 Å². The molecule has 0 radical (unpaired) electrons. The number of fused-ring (bicyclic) bond motifs is 1. The van der Waals surface area contributed by atoms with Crippen molar-refractivity contribution in [2.45, 2.75) is 6.42 Å². The fourth-order valence-corrected chi connectivity index (χ4v) is 3.03. The van der Waals surface area contributed by atoms with Crippen molar-refractivity contribution in [3.8, 4) is 11.5 Å². The molecule has 164 valence electrons. The minimum atomic E-state index is -2.83. The highest BCUT2D eigenvalue weighted by molar-refractivity contribution is 6.31. The van der Waals surface area contributed by atoms with Gasteiger partial charge >= 0.3 is 0 Å². The van der Waals surface area contributed by atoms with Gasteiger partial charge in [-0.3, -0.25) is 4.90 Å². The molecule has 0 bridgehead atoms. The highest BCUT2D eigenvalue weighted by Gasteiger charge is 2.14. The molecule has 0 unspecified atom stereocenters. The van der Waals surface area contributed by atoms with Crippen molar-refractivity contribution in [3.05, 3.63) is 47.4 Å². The van der Waals surface area contributed by atoms with Crippen LogP contribution in [-0.2, 0) is 4.74 Å². The number of rotatable bonds is 8. The van der Waals surface area contributed by atoms with E-state index in [0.717, 1.165) is 6.33 Å². The van der Waals surface area contributed by atoms with Crippen LogP contribution in [0.25, 0.3) is 10.9 Å². The average molecular weight is 457 g/mol. The monoisotopic (exact) mass is 456 g/mol. The van der Waals surface area contributed by atoms with Crippen molar-refractivity contribution in [2.24, 2.45) is 0 Å². The lowest BCUT2D eigenvalue weighted by Crippen LogP contribution is -2.37. The van der Waals surface area contributed by atoms with Gasteiger partial charge in [-0.25, -0.2) is 14.4 Å². The van der Waals surface area contributed by atoms with Crippen molar-refractivity contribution >= 4 is 34.0 Å². The smallest absolute Gasteiger partial charge is 0.162 e. The molecule has 0 aliphatic carbocycles. The number of hydrogen-bond acceptors (Lipinski definition) is 7. The quantitative estimate of drug-likeness (QED) is 0.507. The SMILES string of the molecule is [2H]c1c([2H])c(Nc2ncnc3cc(OC([2H])([2H])[2H])c(OCCCN4CC([2H])([2H])OC([2H])([2H])C4)cc23)c([2H])c(Cl)c1F. The Labute approximate surface area is 199 Å². The number of aromatic nitrogens is 2. The van der Waals surface area contributed by atoms with Crippen molar-refractivity contribution in [2.75, 3.05) is 51.7 Å². The number of ether oxygens (including phenoxy) is 3. The molecule has 1 aliphatic rings. The minimum Gasteiger partial charge on any atom is -0.493 e. The predicted molar refractivity (Wildman–Crippen MR) is 118 cm³/mol. The molecule has 0 amide bonds. The molecule has 1 aliphatic heterocycles. The summed E-state index contributed by atoms with van der Waals surface area (Å²) in [5.41, 5.74) is -0.0823. The number of halogens is 2. The molecule has 0 atom stereocenters. The van der Waals surface area contributed by atoms with E-state index >= 15 is 0 Å². The highest BCUT2D eigenvalue weighted by atomic mass is 35.5. The Morgan fingerprint density at radius 3 is 3.03 bits per heavy atom. The molecule has 2 aromatic carbocycles. The number of benzene rings is 2. The third-order valence-electron chi connectivity index (χ3n) is 4.38. The van der Waals surface area contributed by atoms with Gasteiger partial charge in [-0.1, -0.05) is 11.6 Å². The van der Waals surface area contributed by atoms with E-state index in [1.165, 1.54) is 12.1 Å². The summed E-state index contributed by atoms with van der Waals surface area (Å²) in [7, 11) is -2.83. The Bertz CT molecular complexity index is 1420. The first-order chi connectivity index (χ1) is 19.0. The fraction of sp³-hybridized carbons (Fsp3) is 0.364. The van der Waals surface area contributed by atoms with Gasteiger partial charge in [0.1, 0.15) is 18.0 Å². The summed E-state index contributed by atoms with van der Waals surface area (Å²) < 4.78 is 107. The van der Waals surface area contributed by atoms with E-state index in [-0.39, 0.29) is 60.1 Å². The first-order valence-corrected chi connectivity index (χ1v) is 9.59. The van der Waals surface area contributed by atoms with Crippen LogP contribution in [0.1, 0.15) is 20.1 Å². The molecule has 0 saturated carbocycles. The Balaban J connectivity index is 1.61. The first-order valence-electron chi connectivity index (χ1n) is 14.2. The Kier molecular flexibility index (Phi) is 4.03. The summed E-state index contributed by atoms with van der Waals surface area (Å²) in [6.07, 6.45) is 1.43. The van der Waals surface area contributed by atoms with Gasteiger partial charge in [-0.15, -0.1) is 0 Å². The second-order valence-corrected chi connectivity index (χ2v) is 6.82. The number of hydrogen-bond donors (Lipinski definition) is 1. The molecule has 1 fully saturated rings. The van der Waals surface area contributed by atoms with Crippen LogP contribution in [0.5, 0.6) is 11.5 Å². The molecular weight excluding hydrogens is 423 g/mol. The zero-order valence-electron chi connectivity index (χ0n) is 26.1. The van der Waals surface area contributed by atoms with Crippen LogP contribution in [-0.4, -0.2) is 61.3 Å². The van der Waals surface area contributed by atoms with Crippen molar-refractivity contribution in [1.82, 2.24) is 14.9 Å². The van der Waals surface area contributed by atoms with Gasteiger partial charge in [0, 0.05) is 36.8 Å². The van der Waals surface area contributed by atoms with Crippen LogP contribution in [0, 0.1) is 5.82 Å². The lowest BCUT2D eigenvalue weighted by Gasteiger charge is -2.26. The van der Waals surface area contributed by atoms with Gasteiger partial charge in [0.15, 0.2) is 11.5 Å². The summed E-state index contributed by atoms with van der Waals surface area (Å²) in [5, 5.41) is 2.32. The molecule has 1 saturated heterocycles. The average Bonchev–Trinajstić information content (AvgIpc) is 2.84. The third-order valence-corrected chi connectivity index (χ3v) is 4.64. The highest BCUT2D eigenvalue weighted by Crippen LogP contribution is 2.35. The summed E-state index contributed by atoms with van der Waals surface area (Å²) >= 11 is 5.83. The third kappa shape index (κ3) is 5.33. The van der Waals surface area contributed by atoms with E-state index < -0.39 is 49.1 Å². The largest absolute Gasteiger partial charge is 0.493 e. The van der Waals surface area contributed by atoms with Gasteiger partial charge < -0.3 is 19.5 Å². The second kappa shape index (κ2) is 10.1. The van der Waals surface area contributed by atoms with Gasteiger partial charge in [-0.2, -0.15) is 0 Å². The number of nitrogens with zero attached hydrogens (tertiary/aromatic N) is 3. The summed E-state index contributed by atoms with van der Waals surface area (Å²) in [6.45, 7) is -4.37. The van der Waals surface area contributed by atoms with Crippen LogP contribution in [0.4, 0.5) is 15.9 Å². The zero-order valence-corrected chi connectivity index (χ0v) is 16.8. The number of anilines is 2. The summed E-state index contributed by atoms with van der Waals surface area (Å²) in [4.78, 5) is 9.78. The lowest BCUT2D eigenvalue weighted by molar-refractivity contribution is 0.0357. The first kappa shape index (κ1) is 12.4. The molecule has 2 heterocycles. The maximum atomic E-state index is 14.1. The Hall–Kier alpha value is -2.68. The summed E-state index contributed by atoms with van der Waals surface area (Å²) in [5.74, 6) is -1.36.